The number of methoxy groups -OCH3 is 4. The smallest absolute Gasteiger partial charge is 0.203 e. The second-order valence-electron chi connectivity index (χ2n) is 7.64. The molecule has 0 saturated carbocycles. The second kappa shape index (κ2) is 9.23. The number of hydrogen-bond acceptors (Lipinski definition) is 8. The summed E-state index contributed by atoms with van der Waals surface area (Å²) in [4.78, 5) is 13.9. The number of imidazole rings is 1. The van der Waals surface area contributed by atoms with Crippen molar-refractivity contribution in [2.45, 2.75) is 19.8 Å². The summed E-state index contributed by atoms with van der Waals surface area (Å²) in [5, 5.41) is 4.22. The van der Waals surface area contributed by atoms with Gasteiger partial charge in [0.1, 0.15) is 29.5 Å². The van der Waals surface area contributed by atoms with Crippen molar-refractivity contribution in [3.8, 4) is 28.7 Å². The Labute approximate surface area is 192 Å². The minimum Gasteiger partial charge on any atom is -0.497 e. The lowest BCUT2D eigenvalue weighted by molar-refractivity contribution is 0.324. The lowest BCUT2D eigenvalue weighted by Gasteiger charge is -2.14. The van der Waals surface area contributed by atoms with E-state index in [0.29, 0.717) is 28.9 Å². The zero-order valence-corrected chi connectivity index (χ0v) is 19.5. The number of hydrogen-bond donors (Lipinski definition) is 1. The van der Waals surface area contributed by atoms with Crippen LogP contribution in [0.5, 0.6) is 23.0 Å². The van der Waals surface area contributed by atoms with Crippen LogP contribution in [0.2, 0.25) is 0 Å². The Morgan fingerprint density at radius 3 is 2.21 bits per heavy atom. The molecule has 0 saturated heterocycles. The number of fused-ring (bicyclic) bond motifs is 1. The van der Waals surface area contributed by atoms with Crippen LogP contribution in [-0.2, 0) is 0 Å². The van der Waals surface area contributed by atoms with E-state index < -0.39 is 0 Å². The van der Waals surface area contributed by atoms with Crippen molar-refractivity contribution in [2.75, 3.05) is 33.8 Å². The van der Waals surface area contributed by atoms with Crippen molar-refractivity contribution >= 4 is 22.5 Å². The van der Waals surface area contributed by atoms with Crippen molar-refractivity contribution in [1.82, 2.24) is 19.5 Å². The topological polar surface area (TPSA) is 92.6 Å². The Morgan fingerprint density at radius 2 is 1.61 bits per heavy atom. The van der Waals surface area contributed by atoms with E-state index in [1.54, 1.807) is 34.8 Å². The van der Waals surface area contributed by atoms with Crippen molar-refractivity contribution in [2.24, 2.45) is 0 Å². The molecule has 4 rings (SSSR count). The Kier molecular flexibility index (Phi) is 6.21. The molecule has 0 atom stereocenters. The number of nitrogens with zero attached hydrogens (tertiary/aromatic N) is 4. The van der Waals surface area contributed by atoms with E-state index in [9.17, 15) is 0 Å². The molecule has 0 amide bonds. The van der Waals surface area contributed by atoms with E-state index in [0.717, 1.165) is 28.2 Å². The summed E-state index contributed by atoms with van der Waals surface area (Å²) in [7, 11) is 6.39. The van der Waals surface area contributed by atoms with Crippen LogP contribution >= 0.6 is 0 Å². The molecule has 2 heterocycles. The summed E-state index contributed by atoms with van der Waals surface area (Å²) in [6, 6.07) is 9.45. The third-order valence-corrected chi connectivity index (χ3v) is 5.21. The Hall–Kier alpha value is -4.01. The normalized spacial score (nSPS) is 11.0. The first kappa shape index (κ1) is 22.2. The summed E-state index contributed by atoms with van der Waals surface area (Å²) in [5.74, 6) is 4.62. The standard InChI is InChI=1S/C24H27N5O4/c1-14(2)23-26-18-11-16(30-3)7-8-17(18)24(28-23)27-21-12-29(13-25-21)15-9-19(31-4)22(33-6)20(10-15)32-5/h7-14H,1-6H3,(H,26,27,28). The van der Waals surface area contributed by atoms with Gasteiger partial charge >= 0.3 is 0 Å². The van der Waals surface area contributed by atoms with Crippen LogP contribution in [0.4, 0.5) is 11.6 Å². The Balaban J connectivity index is 1.72. The number of anilines is 2. The molecule has 0 unspecified atom stereocenters. The fourth-order valence-corrected chi connectivity index (χ4v) is 3.47. The molecule has 2 aromatic carbocycles. The van der Waals surface area contributed by atoms with Gasteiger partial charge in [-0.25, -0.2) is 15.0 Å². The van der Waals surface area contributed by atoms with Gasteiger partial charge in [0.25, 0.3) is 0 Å². The van der Waals surface area contributed by atoms with Gasteiger partial charge in [0.05, 0.1) is 45.8 Å². The van der Waals surface area contributed by atoms with Crippen LogP contribution in [0.1, 0.15) is 25.6 Å². The second-order valence-corrected chi connectivity index (χ2v) is 7.64. The van der Waals surface area contributed by atoms with E-state index in [2.05, 4.69) is 24.1 Å². The summed E-state index contributed by atoms with van der Waals surface area (Å²) >= 11 is 0. The number of ether oxygens (including phenoxy) is 4. The highest BCUT2D eigenvalue weighted by atomic mass is 16.5. The maximum Gasteiger partial charge on any atom is 0.203 e. The van der Waals surface area contributed by atoms with Crippen LogP contribution in [0.3, 0.4) is 0 Å². The molecular formula is C24H27N5O4. The van der Waals surface area contributed by atoms with Crippen molar-refractivity contribution in [3.63, 3.8) is 0 Å². The van der Waals surface area contributed by atoms with Crippen LogP contribution in [0, 0.1) is 0 Å². The molecule has 2 aromatic heterocycles. The van der Waals surface area contributed by atoms with E-state index in [-0.39, 0.29) is 5.92 Å². The molecule has 0 aliphatic heterocycles. The zero-order chi connectivity index (χ0) is 23.5. The third-order valence-electron chi connectivity index (χ3n) is 5.21. The minimum absolute atomic E-state index is 0.165. The van der Waals surface area contributed by atoms with Crippen molar-refractivity contribution < 1.29 is 18.9 Å². The largest absolute Gasteiger partial charge is 0.497 e. The van der Waals surface area contributed by atoms with Gasteiger partial charge in [-0.05, 0) is 12.1 Å². The molecule has 0 aliphatic rings. The van der Waals surface area contributed by atoms with Gasteiger partial charge in [0.2, 0.25) is 5.75 Å². The monoisotopic (exact) mass is 449 g/mol. The number of rotatable bonds is 8. The predicted molar refractivity (Wildman–Crippen MR) is 127 cm³/mol. The van der Waals surface area contributed by atoms with Gasteiger partial charge < -0.3 is 28.8 Å². The zero-order valence-electron chi connectivity index (χ0n) is 19.5. The van der Waals surface area contributed by atoms with Crippen LogP contribution in [0.25, 0.3) is 16.6 Å². The molecule has 0 fully saturated rings. The third kappa shape index (κ3) is 4.34. The number of nitrogens with one attached hydrogen (secondary N) is 1. The van der Waals surface area contributed by atoms with Gasteiger partial charge in [-0.1, -0.05) is 13.8 Å². The molecule has 0 spiro atoms. The molecule has 1 N–H and O–H groups in total. The average molecular weight is 450 g/mol. The Bertz CT molecular complexity index is 1260. The van der Waals surface area contributed by atoms with Crippen LogP contribution in [-0.4, -0.2) is 48.0 Å². The molecule has 0 radical (unpaired) electrons. The first-order chi connectivity index (χ1) is 16.0. The van der Waals surface area contributed by atoms with E-state index >= 15 is 0 Å². The van der Waals surface area contributed by atoms with Gasteiger partial charge in [-0.3, -0.25) is 0 Å². The van der Waals surface area contributed by atoms with E-state index in [1.807, 2.05) is 41.1 Å². The Morgan fingerprint density at radius 1 is 0.879 bits per heavy atom. The SMILES string of the molecule is COc1ccc2c(Nc3cn(-c4cc(OC)c(OC)c(OC)c4)cn3)nc(C(C)C)nc2c1. The van der Waals surface area contributed by atoms with E-state index in [1.165, 1.54) is 0 Å². The summed E-state index contributed by atoms with van der Waals surface area (Å²) in [6.45, 7) is 4.12. The highest BCUT2D eigenvalue weighted by Crippen LogP contribution is 2.39. The van der Waals surface area contributed by atoms with Crippen molar-refractivity contribution in [3.05, 3.63) is 48.7 Å². The molecule has 4 aromatic rings. The highest BCUT2D eigenvalue weighted by Gasteiger charge is 2.16. The minimum atomic E-state index is 0.165. The van der Waals surface area contributed by atoms with Gasteiger partial charge in [-0.2, -0.15) is 0 Å². The van der Waals surface area contributed by atoms with Crippen LogP contribution in [0.15, 0.2) is 42.9 Å². The summed E-state index contributed by atoms with van der Waals surface area (Å²) in [6.07, 6.45) is 3.58. The molecule has 0 aliphatic carbocycles. The molecular weight excluding hydrogens is 422 g/mol. The summed E-state index contributed by atoms with van der Waals surface area (Å²) < 4.78 is 23.6. The number of benzene rings is 2. The number of aromatic nitrogens is 4. The van der Waals surface area contributed by atoms with Gasteiger partial charge in [0, 0.05) is 29.5 Å². The highest BCUT2D eigenvalue weighted by molar-refractivity contribution is 5.91. The fraction of sp³-hybridized carbons (Fsp3) is 0.292. The quantitative estimate of drug-likeness (QED) is 0.413. The molecule has 172 valence electrons. The predicted octanol–water partition coefficient (Wildman–Crippen LogP) is 4.72. The maximum atomic E-state index is 5.46. The maximum absolute atomic E-state index is 5.46. The molecule has 9 heteroatoms. The van der Waals surface area contributed by atoms with Crippen LogP contribution < -0.4 is 24.3 Å². The first-order valence-electron chi connectivity index (χ1n) is 10.4. The average Bonchev–Trinajstić information content (AvgIpc) is 3.30. The lowest BCUT2D eigenvalue weighted by atomic mass is 10.1. The lowest BCUT2D eigenvalue weighted by Crippen LogP contribution is -2.03. The molecule has 33 heavy (non-hydrogen) atoms. The van der Waals surface area contributed by atoms with Crippen molar-refractivity contribution in [1.29, 1.82) is 0 Å². The first-order valence-corrected chi connectivity index (χ1v) is 10.4. The summed E-state index contributed by atoms with van der Waals surface area (Å²) in [5.41, 5.74) is 1.62. The fourth-order valence-electron chi connectivity index (χ4n) is 3.47. The van der Waals surface area contributed by atoms with Gasteiger partial charge in [-0.15, -0.1) is 0 Å². The van der Waals surface area contributed by atoms with Gasteiger partial charge in [0.15, 0.2) is 11.5 Å². The molecule has 0 bridgehead atoms. The van der Waals surface area contributed by atoms with E-state index in [4.69, 9.17) is 28.9 Å². The molecule has 9 nitrogen and oxygen atoms in total.